The van der Waals surface area contributed by atoms with Crippen molar-refractivity contribution in [3.8, 4) is 0 Å². The lowest BCUT2D eigenvalue weighted by atomic mass is 9.91. The minimum atomic E-state index is -0.529. The van der Waals surface area contributed by atoms with Crippen LogP contribution in [0.15, 0.2) is 18.2 Å². The molecular formula is C16H20O2. The number of carbonyl (C=O) groups is 1. The highest BCUT2D eigenvalue weighted by atomic mass is 16.5. The summed E-state index contributed by atoms with van der Waals surface area (Å²) < 4.78 is 5.62. The van der Waals surface area contributed by atoms with E-state index in [-0.39, 0.29) is 5.78 Å². The molecule has 1 aliphatic heterocycles. The summed E-state index contributed by atoms with van der Waals surface area (Å²) in [5.74, 6) is 0.234. The SMILES string of the molecule is CC1(C(=O)Cc2ccc3c(c2)CCC3)CCCO1. The summed E-state index contributed by atoms with van der Waals surface area (Å²) in [7, 11) is 0. The predicted molar refractivity (Wildman–Crippen MR) is 70.8 cm³/mol. The molecule has 96 valence electrons. The Hall–Kier alpha value is -1.15. The van der Waals surface area contributed by atoms with Crippen LogP contribution in [-0.4, -0.2) is 18.0 Å². The van der Waals surface area contributed by atoms with Gasteiger partial charge < -0.3 is 4.74 Å². The third kappa shape index (κ3) is 2.10. The molecule has 1 fully saturated rings. The maximum Gasteiger partial charge on any atom is 0.168 e. The first kappa shape index (κ1) is 11.9. The predicted octanol–water partition coefficient (Wildman–Crippen LogP) is 2.86. The minimum absolute atomic E-state index is 0.234. The fraction of sp³-hybridized carbons (Fsp3) is 0.562. The fourth-order valence-electron chi connectivity index (χ4n) is 3.11. The van der Waals surface area contributed by atoms with Crippen molar-refractivity contribution in [1.29, 1.82) is 0 Å². The molecule has 0 spiro atoms. The van der Waals surface area contributed by atoms with E-state index in [9.17, 15) is 4.79 Å². The van der Waals surface area contributed by atoms with Gasteiger partial charge in [-0.25, -0.2) is 0 Å². The zero-order chi connectivity index (χ0) is 12.6. The average Bonchev–Trinajstić information content (AvgIpc) is 2.98. The van der Waals surface area contributed by atoms with Crippen LogP contribution in [0.25, 0.3) is 0 Å². The van der Waals surface area contributed by atoms with Gasteiger partial charge in [0.25, 0.3) is 0 Å². The minimum Gasteiger partial charge on any atom is -0.367 e. The van der Waals surface area contributed by atoms with Crippen LogP contribution in [0.5, 0.6) is 0 Å². The number of benzene rings is 1. The van der Waals surface area contributed by atoms with Gasteiger partial charge in [-0.2, -0.15) is 0 Å². The molecule has 1 heterocycles. The smallest absolute Gasteiger partial charge is 0.168 e. The summed E-state index contributed by atoms with van der Waals surface area (Å²) in [5, 5.41) is 0. The molecule has 3 rings (SSSR count). The lowest BCUT2D eigenvalue weighted by Gasteiger charge is -2.21. The van der Waals surface area contributed by atoms with E-state index in [2.05, 4.69) is 18.2 Å². The number of aryl methyl sites for hydroxylation is 2. The zero-order valence-electron chi connectivity index (χ0n) is 11.0. The number of carbonyl (C=O) groups excluding carboxylic acids is 1. The molecule has 1 aromatic carbocycles. The van der Waals surface area contributed by atoms with Gasteiger partial charge in [0.1, 0.15) is 5.60 Å². The van der Waals surface area contributed by atoms with Gasteiger partial charge in [0.15, 0.2) is 5.78 Å². The van der Waals surface area contributed by atoms with Gasteiger partial charge in [0.2, 0.25) is 0 Å². The first-order valence-electron chi connectivity index (χ1n) is 6.95. The van der Waals surface area contributed by atoms with E-state index >= 15 is 0 Å². The Balaban J connectivity index is 1.74. The van der Waals surface area contributed by atoms with Crippen molar-refractivity contribution in [2.75, 3.05) is 6.61 Å². The zero-order valence-corrected chi connectivity index (χ0v) is 11.0. The van der Waals surface area contributed by atoms with Crippen molar-refractivity contribution in [1.82, 2.24) is 0 Å². The maximum absolute atomic E-state index is 12.3. The quantitative estimate of drug-likeness (QED) is 0.817. The fourth-order valence-corrected chi connectivity index (χ4v) is 3.11. The topological polar surface area (TPSA) is 26.3 Å². The molecule has 0 N–H and O–H groups in total. The Morgan fingerprint density at radius 2 is 2.11 bits per heavy atom. The number of hydrogen-bond donors (Lipinski definition) is 0. The van der Waals surface area contributed by atoms with Gasteiger partial charge in [-0.3, -0.25) is 4.79 Å². The summed E-state index contributed by atoms with van der Waals surface area (Å²) in [6.45, 7) is 2.67. The van der Waals surface area contributed by atoms with Crippen LogP contribution < -0.4 is 0 Å². The molecule has 18 heavy (non-hydrogen) atoms. The molecule has 1 aliphatic carbocycles. The lowest BCUT2D eigenvalue weighted by Crippen LogP contribution is -2.35. The highest BCUT2D eigenvalue weighted by Crippen LogP contribution is 2.28. The molecule has 2 heteroatoms. The Kier molecular flexibility index (Phi) is 2.98. The van der Waals surface area contributed by atoms with E-state index in [1.807, 2.05) is 6.92 Å². The second-order valence-corrected chi connectivity index (χ2v) is 5.74. The van der Waals surface area contributed by atoms with E-state index < -0.39 is 5.60 Å². The van der Waals surface area contributed by atoms with Crippen molar-refractivity contribution in [3.05, 3.63) is 34.9 Å². The summed E-state index contributed by atoms with van der Waals surface area (Å²) in [6.07, 6.45) is 6.02. The highest BCUT2D eigenvalue weighted by molar-refractivity contribution is 5.89. The van der Waals surface area contributed by atoms with E-state index in [0.29, 0.717) is 6.42 Å². The molecule has 2 aliphatic rings. The van der Waals surface area contributed by atoms with E-state index in [1.165, 1.54) is 30.4 Å². The number of Topliss-reactive ketones (excluding diaryl/α,β-unsaturated/α-hetero) is 1. The molecular weight excluding hydrogens is 224 g/mol. The van der Waals surface area contributed by atoms with Crippen LogP contribution in [0, 0.1) is 0 Å². The molecule has 0 saturated carbocycles. The molecule has 2 nitrogen and oxygen atoms in total. The van der Waals surface area contributed by atoms with E-state index in [1.54, 1.807) is 0 Å². The van der Waals surface area contributed by atoms with Gasteiger partial charge in [-0.1, -0.05) is 18.2 Å². The molecule has 1 aromatic rings. The summed E-state index contributed by atoms with van der Waals surface area (Å²) in [5.41, 5.74) is 3.53. The Morgan fingerprint density at radius 1 is 1.28 bits per heavy atom. The van der Waals surface area contributed by atoms with E-state index in [0.717, 1.165) is 25.0 Å². The molecule has 0 bridgehead atoms. The van der Waals surface area contributed by atoms with Crippen molar-refractivity contribution in [3.63, 3.8) is 0 Å². The number of fused-ring (bicyclic) bond motifs is 1. The van der Waals surface area contributed by atoms with Gasteiger partial charge in [0.05, 0.1) is 0 Å². The highest BCUT2D eigenvalue weighted by Gasteiger charge is 2.37. The van der Waals surface area contributed by atoms with E-state index in [4.69, 9.17) is 4.74 Å². The van der Waals surface area contributed by atoms with Crippen LogP contribution in [0.1, 0.15) is 42.9 Å². The van der Waals surface area contributed by atoms with Crippen molar-refractivity contribution >= 4 is 5.78 Å². The first-order valence-corrected chi connectivity index (χ1v) is 6.95. The van der Waals surface area contributed by atoms with Crippen molar-refractivity contribution in [2.45, 2.75) is 51.0 Å². The Bertz CT molecular complexity index is 470. The van der Waals surface area contributed by atoms with Crippen LogP contribution in [0.3, 0.4) is 0 Å². The van der Waals surface area contributed by atoms with Crippen LogP contribution >= 0.6 is 0 Å². The van der Waals surface area contributed by atoms with Gasteiger partial charge in [-0.05, 0) is 55.7 Å². The number of rotatable bonds is 3. The molecule has 0 radical (unpaired) electrons. The number of hydrogen-bond acceptors (Lipinski definition) is 2. The van der Waals surface area contributed by atoms with Crippen LogP contribution in [0.2, 0.25) is 0 Å². The van der Waals surface area contributed by atoms with Gasteiger partial charge in [0, 0.05) is 13.0 Å². The Morgan fingerprint density at radius 3 is 2.89 bits per heavy atom. The van der Waals surface area contributed by atoms with Crippen LogP contribution in [-0.2, 0) is 28.8 Å². The van der Waals surface area contributed by atoms with Gasteiger partial charge in [-0.15, -0.1) is 0 Å². The summed E-state index contributed by atoms with van der Waals surface area (Å²) in [6, 6.07) is 6.53. The molecule has 0 amide bonds. The normalized spacial score (nSPS) is 26.3. The Labute approximate surface area is 108 Å². The largest absolute Gasteiger partial charge is 0.367 e. The second-order valence-electron chi connectivity index (χ2n) is 5.74. The number of ether oxygens (including phenoxy) is 1. The van der Waals surface area contributed by atoms with Gasteiger partial charge >= 0.3 is 0 Å². The van der Waals surface area contributed by atoms with Crippen molar-refractivity contribution in [2.24, 2.45) is 0 Å². The maximum atomic E-state index is 12.3. The monoisotopic (exact) mass is 244 g/mol. The molecule has 1 atom stereocenters. The summed E-state index contributed by atoms with van der Waals surface area (Å²) >= 11 is 0. The number of ketones is 1. The van der Waals surface area contributed by atoms with Crippen LogP contribution in [0.4, 0.5) is 0 Å². The standard InChI is InChI=1S/C16H20O2/c1-16(8-3-9-18-16)15(17)11-12-6-7-13-4-2-5-14(13)10-12/h6-7,10H,2-5,8-9,11H2,1H3. The van der Waals surface area contributed by atoms with Crippen molar-refractivity contribution < 1.29 is 9.53 Å². The third-order valence-corrected chi connectivity index (χ3v) is 4.34. The molecule has 0 aromatic heterocycles. The first-order chi connectivity index (χ1) is 8.67. The summed E-state index contributed by atoms with van der Waals surface area (Å²) in [4.78, 5) is 12.3. The molecule has 1 saturated heterocycles. The molecule has 1 unspecified atom stereocenters. The third-order valence-electron chi connectivity index (χ3n) is 4.34. The second kappa shape index (κ2) is 4.51. The average molecular weight is 244 g/mol. The lowest BCUT2D eigenvalue weighted by molar-refractivity contribution is -0.136.